The molecule has 6 heteroatoms. The molecular weight excluding hydrogens is 266 g/mol. The highest BCUT2D eigenvalue weighted by atomic mass is 16.5. The summed E-state index contributed by atoms with van der Waals surface area (Å²) in [6.45, 7) is 4.07. The van der Waals surface area contributed by atoms with Gasteiger partial charge >= 0.3 is 0 Å². The van der Waals surface area contributed by atoms with Gasteiger partial charge in [0.25, 0.3) is 0 Å². The Morgan fingerprint density at radius 1 is 1.10 bits per heavy atom. The maximum Gasteiger partial charge on any atom is 0.230 e. The van der Waals surface area contributed by atoms with E-state index in [0.717, 1.165) is 22.4 Å². The van der Waals surface area contributed by atoms with Crippen molar-refractivity contribution in [2.24, 2.45) is 0 Å². The van der Waals surface area contributed by atoms with E-state index in [9.17, 15) is 0 Å². The van der Waals surface area contributed by atoms with Crippen molar-refractivity contribution in [3.05, 3.63) is 23.3 Å². The quantitative estimate of drug-likeness (QED) is 0.930. The molecule has 0 radical (unpaired) electrons. The lowest BCUT2D eigenvalue weighted by molar-refractivity contribution is 0.415. The van der Waals surface area contributed by atoms with Crippen LogP contribution in [0.5, 0.6) is 5.75 Å². The summed E-state index contributed by atoms with van der Waals surface area (Å²) in [6.07, 6.45) is 0. The molecule has 1 heterocycles. The Balaban J connectivity index is 2.69. The van der Waals surface area contributed by atoms with Crippen LogP contribution in [0.4, 0.5) is 11.9 Å². The van der Waals surface area contributed by atoms with Gasteiger partial charge in [-0.3, -0.25) is 0 Å². The number of methoxy groups -OCH3 is 1. The Bertz CT molecular complexity index is 655. The van der Waals surface area contributed by atoms with Crippen molar-refractivity contribution >= 4 is 11.9 Å². The fourth-order valence-corrected chi connectivity index (χ4v) is 2.16. The molecule has 6 nitrogen and oxygen atoms in total. The normalized spacial score (nSPS) is 10.4. The third-order valence-electron chi connectivity index (χ3n) is 3.13. The minimum absolute atomic E-state index is 0.533. The lowest BCUT2D eigenvalue weighted by Crippen LogP contribution is -2.15. The van der Waals surface area contributed by atoms with Crippen LogP contribution in [0.1, 0.15) is 11.1 Å². The highest BCUT2D eigenvalue weighted by Gasteiger charge is 2.16. The van der Waals surface area contributed by atoms with Crippen molar-refractivity contribution in [2.75, 3.05) is 38.5 Å². The number of benzene rings is 1. The van der Waals surface area contributed by atoms with Crippen LogP contribution in [0.15, 0.2) is 12.1 Å². The molecule has 0 unspecified atom stereocenters. The molecule has 2 rings (SSSR count). The first-order valence-corrected chi connectivity index (χ1v) is 6.73. The molecule has 1 N–H and O–H groups in total. The average Bonchev–Trinajstić information content (AvgIpc) is 2.45. The maximum atomic E-state index is 5.50. The molecule has 1 aromatic heterocycles. The molecule has 0 atom stereocenters. The number of hydrogen-bond donors (Lipinski definition) is 1. The number of aromatic nitrogens is 3. The summed E-state index contributed by atoms with van der Waals surface area (Å²) in [7, 11) is 7.25. The Morgan fingerprint density at radius 2 is 1.81 bits per heavy atom. The molecule has 1 aromatic carbocycles. The molecule has 0 amide bonds. The SMILES string of the molecule is CNc1nc(-c2c(C)cc(C)cc2OC)nc(N(C)C)n1. The summed E-state index contributed by atoms with van der Waals surface area (Å²) in [5.41, 5.74) is 3.11. The number of ether oxygens (including phenoxy) is 1. The highest BCUT2D eigenvalue weighted by Crippen LogP contribution is 2.33. The van der Waals surface area contributed by atoms with Gasteiger partial charge in [0.15, 0.2) is 5.82 Å². The number of nitrogens with zero attached hydrogens (tertiary/aromatic N) is 4. The summed E-state index contributed by atoms with van der Waals surface area (Å²) < 4.78 is 5.50. The first-order chi connectivity index (χ1) is 9.96. The van der Waals surface area contributed by atoms with E-state index in [4.69, 9.17) is 4.74 Å². The summed E-state index contributed by atoms with van der Waals surface area (Å²) in [6, 6.07) is 4.08. The third kappa shape index (κ3) is 3.04. The van der Waals surface area contributed by atoms with Gasteiger partial charge in [-0.1, -0.05) is 6.07 Å². The van der Waals surface area contributed by atoms with Crippen LogP contribution >= 0.6 is 0 Å². The Kier molecular flexibility index (Phi) is 4.26. The molecule has 0 spiro atoms. The predicted molar refractivity (Wildman–Crippen MR) is 85.2 cm³/mol. The topological polar surface area (TPSA) is 63.2 Å². The van der Waals surface area contributed by atoms with E-state index in [0.29, 0.717) is 17.7 Å². The maximum absolute atomic E-state index is 5.50. The van der Waals surface area contributed by atoms with Gasteiger partial charge in [-0.2, -0.15) is 15.0 Å². The lowest BCUT2D eigenvalue weighted by Gasteiger charge is -2.15. The minimum Gasteiger partial charge on any atom is -0.496 e. The van der Waals surface area contributed by atoms with Crippen LogP contribution < -0.4 is 15.0 Å². The average molecular weight is 287 g/mol. The monoisotopic (exact) mass is 287 g/mol. The molecule has 0 saturated carbocycles. The lowest BCUT2D eigenvalue weighted by atomic mass is 10.0. The van der Waals surface area contributed by atoms with E-state index in [1.807, 2.05) is 38.9 Å². The zero-order valence-corrected chi connectivity index (χ0v) is 13.4. The van der Waals surface area contributed by atoms with E-state index in [-0.39, 0.29) is 0 Å². The minimum atomic E-state index is 0.533. The number of aryl methyl sites for hydroxylation is 2. The smallest absolute Gasteiger partial charge is 0.230 e. The largest absolute Gasteiger partial charge is 0.496 e. The Labute approximate surface area is 125 Å². The second-order valence-corrected chi connectivity index (χ2v) is 5.09. The van der Waals surface area contributed by atoms with Gasteiger partial charge in [-0.15, -0.1) is 0 Å². The van der Waals surface area contributed by atoms with Crippen LogP contribution in [-0.4, -0.2) is 43.2 Å². The van der Waals surface area contributed by atoms with Crippen molar-refractivity contribution < 1.29 is 4.74 Å². The number of nitrogens with one attached hydrogen (secondary N) is 1. The zero-order valence-electron chi connectivity index (χ0n) is 13.4. The molecule has 112 valence electrons. The van der Waals surface area contributed by atoms with E-state index < -0.39 is 0 Å². The van der Waals surface area contributed by atoms with E-state index in [2.05, 4.69) is 26.3 Å². The molecule has 0 aliphatic heterocycles. The van der Waals surface area contributed by atoms with Gasteiger partial charge in [0, 0.05) is 21.1 Å². The fraction of sp³-hybridized carbons (Fsp3) is 0.400. The number of rotatable bonds is 4. The van der Waals surface area contributed by atoms with Gasteiger partial charge < -0.3 is 15.0 Å². The third-order valence-corrected chi connectivity index (χ3v) is 3.13. The fourth-order valence-electron chi connectivity index (χ4n) is 2.16. The molecule has 0 fully saturated rings. The first-order valence-electron chi connectivity index (χ1n) is 6.73. The zero-order chi connectivity index (χ0) is 15.6. The van der Waals surface area contributed by atoms with E-state index in [1.54, 1.807) is 14.2 Å². The molecule has 0 aliphatic rings. The van der Waals surface area contributed by atoms with E-state index >= 15 is 0 Å². The van der Waals surface area contributed by atoms with Crippen LogP contribution in [-0.2, 0) is 0 Å². The highest BCUT2D eigenvalue weighted by molar-refractivity contribution is 5.70. The number of hydrogen-bond acceptors (Lipinski definition) is 6. The Hall–Kier alpha value is -2.37. The number of anilines is 2. The first kappa shape index (κ1) is 15.0. The molecule has 21 heavy (non-hydrogen) atoms. The van der Waals surface area contributed by atoms with Crippen molar-refractivity contribution in [3.63, 3.8) is 0 Å². The molecule has 2 aromatic rings. The van der Waals surface area contributed by atoms with Crippen molar-refractivity contribution in [1.82, 2.24) is 15.0 Å². The van der Waals surface area contributed by atoms with Gasteiger partial charge in [0.1, 0.15) is 5.75 Å². The molecular formula is C15H21N5O. The van der Waals surface area contributed by atoms with Crippen LogP contribution in [0.25, 0.3) is 11.4 Å². The Morgan fingerprint density at radius 3 is 2.38 bits per heavy atom. The van der Waals surface area contributed by atoms with Crippen molar-refractivity contribution in [1.29, 1.82) is 0 Å². The summed E-state index contributed by atoms with van der Waals surface area (Å²) >= 11 is 0. The van der Waals surface area contributed by atoms with Gasteiger partial charge in [-0.25, -0.2) is 0 Å². The van der Waals surface area contributed by atoms with Crippen molar-refractivity contribution in [2.45, 2.75) is 13.8 Å². The van der Waals surface area contributed by atoms with Crippen molar-refractivity contribution in [3.8, 4) is 17.1 Å². The van der Waals surface area contributed by atoms with Crippen LogP contribution in [0.3, 0.4) is 0 Å². The van der Waals surface area contributed by atoms with Gasteiger partial charge in [0.05, 0.1) is 12.7 Å². The summed E-state index contributed by atoms with van der Waals surface area (Å²) in [5, 5.41) is 2.97. The van der Waals surface area contributed by atoms with E-state index in [1.165, 1.54) is 0 Å². The van der Waals surface area contributed by atoms with Gasteiger partial charge in [-0.05, 0) is 31.0 Å². The standard InChI is InChI=1S/C15H21N5O/c1-9-7-10(2)12(11(8-9)21-6)13-17-14(16-3)19-15(18-13)20(4)5/h7-8H,1-6H3,(H,16,17,18,19). The second-order valence-electron chi connectivity index (χ2n) is 5.09. The molecule has 0 aliphatic carbocycles. The van der Waals surface area contributed by atoms with Gasteiger partial charge in [0.2, 0.25) is 11.9 Å². The second kappa shape index (κ2) is 5.95. The molecule has 0 saturated heterocycles. The molecule has 0 bridgehead atoms. The summed E-state index contributed by atoms with van der Waals surface area (Å²) in [5.74, 6) is 2.51. The summed E-state index contributed by atoms with van der Waals surface area (Å²) in [4.78, 5) is 15.2. The van der Waals surface area contributed by atoms with Crippen LogP contribution in [0.2, 0.25) is 0 Å². The predicted octanol–water partition coefficient (Wildman–Crippen LogP) is 2.27. The van der Waals surface area contributed by atoms with Crippen LogP contribution in [0, 0.1) is 13.8 Å².